The second-order valence-electron chi connectivity index (χ2n) is 4.01. The molecule has 7 heteroatoms. The van der Waals surface area contributed by atoms with Gasteiger partial charge in [0.1, 0.15) is 0 Å². The van der Waals surface area contributed by atoms with Crippen LogP contribution >= 0.6 is 0 Å². The second kappa shape index (κ2) is 12.8. The number of hydrogen-bond donors (Lipinski definition) is 4. The highest BCUT2D eigenvalue weighted by Crippen LogP contribution is 2.04. The molecule has 0 aliphatic rings. The van der Waals surface area contributed by atoms with Gasteiger partial charge in [-0.25, -0.2) is 4.79 Å². The van der Waals surface area contributed by atoms with Gasteiger partial charge in [-0.1, -0.05) is 32.6 Å². The fourth-order valence-corrected chi connectivity index (χ4v) is 1.13. The zero-order chi connectivity index (χ0) is 15.3. The maximum Gasteiger partial charge on any atom is 0.333 e. The normalized spacial score (nSPS) is 11.1. The van der Waals surface area contributed by atoms with Crippen LogP contribution < -0.4 is 0 Å². The highest BCUT2D eigenvalue weighted by molar-refractivity contribution is 5.79. The number of unbranched alkanes of at least 4 members (excludes halogenated alkanes) is 4. The topological polar surface area (TPSA) is 132 Å². The number of aliphatic carboxylic acids is 3. The van der Waals surface area contributed by atoms with Gasteiger partial charge in [0.25, 0.3) is 0 Å². The molecule has 0 aromatic rings. The van der Waals surface area contributed by atoms with Crippen LogP contribution in [-0.4, -0.2) is 44.4 Å². The number of carbonyl (C=O) groups is 3. The van der Waals surface area contributed by atoms with Crippen molar-refractivity contribution in [3.05, 3.63) is 0 Å². The molecular formula is C12H22O7. The predicted molar refractivity (Wildman–Crippen MR) is 66.9 cm³/mol. The van der Waals surface area contributed by atoms with E-state index < -0.39 is 30.4 Å². The van der Waals surface area contributed by atoms with Crippen LogP contribution in [-0.2, 0) is 14.4 Å². The third kappa shape index (κ3) is 18.9. The van der Waals surface area contributed by atoms with Crippen molar-refractivity contribution in [2.75, 3.05) is 0 Å². The van der Waals surface area contributed by atoms with Crippen LogP contribution in [0.15, 0.2) is 0 Å². The number of rotatable bonds is 9. The summed E-state index contributed by atoms with van der Waals surface area (Å²) in [5.41, 5.74) is 0. The molecule has 0 rings (SSSR count). The van der Waals surface area contributed by atoms with Gasteiger partial charge in [0.2, 0.25) is 0 Å². The Morgan fingerprint density at radius 2 is 1.42 bits per heavy atom. The average Bonchev–Trinajstić information content (AvgIpc) is 2.28. The maximum atomic E-state index is 10.0. The molecule has 0 amide bonds. The molecule has 0 aromatic carbocycles. The number of carboxylic acids is 3. The minimum atomic E-state index is -1.79. The van der Waals surface area contributed by atoms with Crippen LogP contribution in [0.25, 0.3) is 0 Å². The molecular weight excluding hydrogens is 256 g/mol. The summed E-state index contributed by atoms with van der Waals surface area (Å²) in [5.74, 6) is -3.52. The van der Waals surface area contributed by atoms with Gasteiger partial charge in [-0.3, -0.25) is 9.59 Å². The van der Waals surface area contributed by atoms with Crippen LogP contribution in [0.2, 0.25) is 0 Å². The Labute approximate surface area is 111 Å². The monoisotopic (exact) mass is 278 g/mol. The first-order valence-electron chi connectivity index (χ1n) is 6.15. The van der Waals surface area contributed by atoms with E-state index >= 15 is 0 Å². The smallest absolute Gasteiger partial charge is 0.333 e. The highest BCUT2D eigenvalue weighted by Gasteiger charge is 2.16. The molecule has 112 valence electrons. The Hall–Kier alpha value is -1.63. The van der Waals surface area contributed by atoms with E-state index in [-0.39, 0.29) is 0 Å². The molecule has 7 nitrogen and oxygen atoms in total. The van der Waals surface area contributed by atoms with Crippen molar-refractivity contribution >= 4 is 17.9 Å². The van der Waals surface area contributed by atoms with Crippen LogP contribution in [0.4, 0.5) is 0 Å². The zero-order valence-corrected chi connectivity index (χ0v) is 11.0. The van der Waals surface area contributed by atoms with Gasteiger partial charge in [0.05, 0.1) is 6.42 Å². The van der Waals surface area contributed by atoms with Crippen molar-refractivity contribution in [2.24, 2.45) is 0 Å². The summed E-state index contributed by atoms with van der Waals surface area (Å²) in [7, 11) is 0. The van der Waals surface area contributed by atoms with E-state index in [1.165, 1.54) is 19.3 Å². The minimum Gasteiger partial charge on any atom is -0.481 e. The summed E-state index contributed by atoms with van der Waals surface area (Å²) in [6.45, 7) is 2.15. The Balaban J connectivity index is 0. The van der Waals surface area contributed by atoms with Crippen molar-refractivity contribution in [1.29, 1.82) is 0 Å². The lowest BCUT2D eigenvalue weighted by Crippen LogP contribution is -2.22. The van der Waals surface area contributed by atoms with Crippen molar-refractivity contribution in [3.63, 3.8) is 0 Å². The van der Waals surface area contributed by atoms with Gasteiger partial charge in [-0.05, 0) is 6.42 Å². The Kier molecular flexibility index (Phi) is 13.3. The highest BCUT2D eigenvalue weighted by atomic mass is 16.4. The number of hydrogen-bond acceptors (Lipinski definition) is 4. The molecule has 0 bridgehead atoms. The summed E-state index contributed by atoms with van der Waals surface area (Å²) < 4.78 is 0. The maximum absolute atomic E-state index is 10.0. The fourth-order valence-electron chi connectivity index (χ4n) is 1.13. The largest absolute Gasteiger partial charge is 0.481 e. The van der Waals surface area contributed by atoms with Crippen LogP contribution in [0.3, 0.4) is 0 Å². The molecule has 1 unspecified atom stereocenters. The first-order valence-corrected chi connectivity index (χ1v) is 6.15. The number of carboxylic acid groups (broad SMARTS) is 3. The van der Waals surface area contributed by atoms with Crippen LogP contribution in [0.1, 0.15) is 51.9 Å². The summed E-state index contributed by atoms with van der Waals surface area (Å²) in [5, 5.41) is 32.4. The Bertz CT molecular complexity index is 275. The third-order valence-electron chi connectivity index (χ3n) is 2.15. The first kappa shape index (κ1) is 19.7. The first-order chi connectivity index (χ1) is 8.81. The lowest BCUT2D eigenvalue weighted by Gasteiger charge is -1.97. The van der Waals surface area contributed by atoms with Gasteiger partial charge >= 0.3 is 17.9 Å². The summed E-state index contributed by atoms with van der Waals surface area (Å²) in [6, 6.07) is 0. The lowest BCUT2D eigenvalue weighted by molar-refractivity contribution is -0.152. The SMILES string of the molecule is CCCCCCCC(=O)O.O=C(O)CC(O)C(=O)O. The molecule has 0 saturated heterocycles. The molecule has 0 radical (unpaired) electrons. The summed E-state index contributed by atoms with van der Waals surface area (Å²) in [4.78, 5) is 29.4. The molecule has 0 aliphatic carbocycles. The van der Waals surface area contributed by atoms with Crippen LogP contribution in [0, 0.1) is 0 Å². The molecule has 0 heterocycles. The van der Waals surface area contributed by atoms with E-state index in [4.69, 9.17) is 20.4 Å². The Morgan fingerprint density at radius 3 is 1.74 bits per heavy atom. The molecule has 1 atom stereocenters. The predicted octanol–water partition coefficient (Wildman–Crippen LogP) is 1.34. The average molecular weight is 278 g/mol. The van der Waals surface area contributed by atoms with Gasteiger partial charge in [-0.2, -0.15) is 0 Å². The van der Waals surface area contributed by atoms with Gasteiger partial charge in [0.15, 0.2) is 6.10 Å². The number of aliphatic hydroxyl groups excluding tert-OH is 1. The van der Waals surface area contributed by atoms with E-state index in [1.807, 2.05) is 0 Å². The van der Waals surface area contributed by atoms with E-state index in [1.54, 1.807) is 0 Å². The van der Waals surface area contributed by atoms with Crippen LogP contribution in [0.5, 0.6) is 0 Å². The third-order valence-corrected chi connectivity index (χ3v) is 2.15. The quantitative estimate of drug-likeness (QED) is 0.468. The second-order valence-corrected chi connectivity index (χ2v) is 4.01. The van der Waals surface area contributed by atoms with Crippen molar-refractivity contribution in [3.8, 4) is 0 Å². The van der Waals surface area contributed by atoms with Gasteiger partial charge in [0, 0.05) is 6.42 Å². The molecule has 0 aliphatic heterocycles. The van der Waals surface area contributed by atoms with Gasteiger partial charge in [-0.15, -0.1) is 0 Å². The molecule has 19 heavy (non-hydrogen) atoms. The standard InChI is InChI=1S/C8H16O2.C4H6O5/c1-2-3-4-5-6-7-8(9)10;5-2(4(8)9)1-3(6)7/h2-7H2,1H3,(H,9,10);2,5H,1H2,(H,6,7)(H,8,9). The Morgan fingerprint density at radius 1 is 0.895 bits per heavy atom. The fraction of sp³-hybridized carbons (Fsp3) is 0.750. The lowest BCUT2D eigenvalue weighted by atomic mass is 10.1. The minimum absolute atomic E-state index is 0.337. The molecule has 0 spiro atoms. The molecule has 0 aromatic heterocycles. The van der Waals surface area contributed by atoms with E-state index in [0.717, 1.165) is 12.8 Å². The zero-order valence-electron chi connectivity index (χ0n) is 11.0. The van der Waals surface area contributed by atoms with E-state index in [0.29, 0.717) is 6.42 Å². The molecule has 4 N–H and O–H groups in total. The van der Waals surface area contributed by atoms with Crippen molar-refractivity contribution in [2.45, 2.75) is 58.0 Å². The van der Waals surface area contributed by atoms with Gasteiger partial charge < -0.3 is 20.4 Å². The molecule has 0 fully saturated rings. The summed E-state index contributed by atoms with van der Waals surface area (Å²) >= 11 is 0. The van der Waals surface area contributed by atoms with Crippen molar-refractivity contribution < 1.29 is 34.8 Å². The van der Waals surface area contributed by atoms with E-state index in [9.17, 15) is 14.4 Å². The molecule has 0 saturated carbocycles. The number of aliphatic hydroxyl groups is 1. The van der Waals surface area contributed by atoms with E-state index in [2.05, 4.69) is 6.92 Å². The summed E-state index contributed by atoms with van der Waals surface area (Å²) in [6.07, 6.45) is 3.34. The van der Waals surface area contributed by atoms with Crippen molar-refractivity contribution in [1.82, 2.24) is 0 Å².